The zero-order valence-corrected chi connectivity index (χ0v) is 14.8. The molecule has 3 aromatic heterocycles. The first-order valence-corrected chi connectivity index (χ1v) is 8.27. The lowest BCUT2D eigenvalue weighted by Gasteiger charge is -2.09. The van der Waals surface area contributed by atoms with E-state index in [0.717, 1.165) is 9.75 Å². The number of nitrogens with zero attached hydrogens (tertiary/aromatic N) is 3. The first-order valence-electron chi connectivity index (χ1n) is 7.45. The first kappa shape index (κ1) is 16.2. The van der Waals surface area contributed by atoms with Gasteiger partial charge in [0.15, 0.2) is 0 Å². The molecule has 0 saturated carbocycles. The highest BCUT2D eigenvalue weighted by atomic mass is 32.1. The molecule has 24 heavy (non-hydrogen) atoms. The Labute approximate surface area is 144 Å². The molecule has 0 saturated heterocycles. The summed E-state index contributed by atoms with van der Waals surface area (Å²) in [5.41, 5.74) is 1.93. The number of carbonyl (C=O) groups excluding carboxylic acids is 1. The maximum atomic E-state index is 12.6. The highest BCUT2D eigenvalue weighted by molar-refractivity contribution is 7.12. The fraction of sp³-hybridized carbons (Fsp3) is 0.235. The van der Waals surface area contributed by atoms with Crippen molar-refractivity contribution in [1.29, 1.82) is 0 Å². The smallest absolute Gasteiger partial charge is 0.256 e. The van der Waals surface area contributed by atoms with Crippen molar-refractivity contribution < 1.29 is 9.53 Å². The number of hydrogen-bond donors (Lipinski definition) is 1. The number of rotatable bonds is 4. The van der Waals surface area contributed by atoms with Crippen LogP contribution in [-0.4, -0.2) is 20.7 Å². The summed E-state index contributed by atoms with van der Waals surface area (Å²) in [6, 6.07) is 5.48. The molecule has 0 spiro atoms. The predicted octanol–water partition coefficient (Wildman–Crippen LogP) is 3.85. The van der Waals surface area contributed by atoms with Crippen molar-refractivity contribution in [3.63, 3.8) is 0 Å². The lowest BCUT2D eigenvalue weighted by atomic mass is 10.2. The summed E-state index contributed by atoms with van der Waals surface area (Å²) in [5, 5.41) is 7.27. The molecule has 0 aliphatic carbocycles. The number of aryl methyl sites for hydroxylation is 4. The van der Waals surface area contributed by atoms with Gasteiger partial charge in [-0.2, -0.15) is 5.10 Å². The second kappa shape index (κ2) is 6.45. The third-order valence-electron chi connectivity index (χ3n) is 3.54. The van der Waals surface area contributed by atoms with Gasteiger partial charge >= 0.3 is 0 Å². The molecule has 3 heterocycles. The van der Waals surface area contributed by atoms with Crippen molar-refractivity contribution in [1.82, 2.24) is 14.8 Å². The molecule has 6 nitrogen and oxygen atoms in total. The zero-order chi connectivity index (χ0) is 17.3. The standard InChI is InChI=1S/C17H18N4O2S/c1-10-8-14(12(3)24-10)16(22)19-15-11(2)20-21(4)17(15)23-13-6-5-7-18-9-13/h5-9H,1-4H3,(H,19,22). The van der Waals surface area contributed by atoms with Gasteiger partial charge in [-0.1, -0.05) is 0 Å². The van der Waals surface area contributed by atoms with Gasteiger partial charge in [-0.3, -0.25) is 9.78 Å². The van der Waals surface area contributed by atoms with Gasteiger partial charge in [-0.25, -0.2) is 4.68 Å². The quantitative estimate of drug-likeness (QED) is 0.782. The molecule has 0 aliphatic rings. The zero-order valence-electron chi connectivity index (χ0n) is 14.0. The molecule has 0 unspecified atom stereocenters. The van der Waals surface area contributed by atoms with Crippen LogP contribution in [0.5, 0.6) is 11.6 Å². The number of carbonyl (C=O) groups is 1. The molecule has 0 bridgehead atoms. The molecule has 7 heteroatoms. The summed E-state index contributed by atoms with van der Waals surface area (Å²) in [6.45, 7) is 5.76. The number of hydrogen-bond acceptors (Lipinski definition) is 5. The molecule has 0 fully saturated rings. The summed E-state index contributed by atoms with van der Waals surface area (Å²) in [6.07, 6.45) is 3.28. The largest absolute Gasteiger partial charge is 0.436 e. The molecule has 0 aliphatic heterocycles. The molecular formula is C17H18N4O2S. The molecule has 1 N–H and O–H groups in total. The third-order valence-corrected chi connectivity index (χ3v) is 4.51. The van der Waals surface area contributed by atoms with Crippen LogP contribution in [0.25, 0.3) is 0 Å². The molecule has 0 atom stereocenters. The van der Waals surface area contributed by atoms with E-state index in [0.29, 0.717) is 28.6 Å². The van der Waals surface area contributed by atoms with E-state index in [4.69, 9.17) is 4.74 Å². The predicted molar refractivity (Wildman–Crippen MR) is 94.0 cm³/mol. The van der Waals surface area contributed by atoms with Gasteiger partial charge in [0.2, 0.25) is 5.88 Å². The summed E-state index contributed by atoms with van der Waals surface area (Å²) < 4.78 is 7.46. The SMILES string of the molecule is Cc1cc(C(=O)Nc2c(C)nn(C)c2Oc2cccnc2)c(C)s1. The second-order valence-electron chi connectivity index (χ2n) is 5.46. The van der Waals surface area contributed by atoms with E-state index < -0.39 is 0 Å². The van der Waals surface area contributed by atoms with Gasteiger partial charge < -0.3 is 10.1 Å². The van der Waals surface area contributed by atoms with E-state index in [1.54, 1.807) is 47.6 Å². The fourth-order valence-corrected chi connectivity index (χ4v) is 3.38. The molecule has 3 aromatic rings. The maximum absolute atomic E-state index is 12.6. The van der Waals surface area contributed by atoms with E-state index in [2.05, 4.69) is 15.4 Å². The Bertz CT molecular complexity index is 884. The average molecular weight is 342 g/mol. The minimum absolute atomic E-state index is 0.163. The van der Waals surface area contributed by atoms with Crippen LogP contribution in [0, 0.1) is 20.8 Å². The van der Waals surface area contributed by atoms with Crippen molar-refractivity contribution in [2.75, 3.05) is 5.32 Å². The highest BCUT2D eigenvalue weighted by Gasteiger charge is 2.20. The highest BCUT2D eigenvalue weighted by Crippen LogP contribution is 2.32. The number of nitrogens with one attached hydrogen (secondary N) is 1. The Morgan fingerprint density at radius 1 is 1.33 bits per heavy atom. The second-order valence-corrected chi connectivity index (χ2v) is 6.92. The van der Waals surface area contributed by atoms with E-state index in [1.165, 1.54) is 0 Å². The average Bonchev–Trinajstić information content (AvgIpc) is 3.01. The van der Waals surface area contributed by atoms with Crippen LogP contribution in [0.2, 0.25) is 0 Å². The molecule has 3 rings (SSSR count). The lowest BCUT2D eigenvalue weighted by molar-refractivity contribution is 0.102. The number of ether oxygens (including phenoxy) is 1. The molecule has 0 radical (unpaired) electrons. The number of amides is 1. The van der Waals surface area contributed by atoms with Crippen molar-refractivity contribution in [2.45, 2.75) is 20.8 Å². The lowest BCUT2D eigenvalue weighted by Crippen LogP contribution is -2.13. The fourth-order valence-electron chi connectivity index (χ4n) is 2.45. The summed E-state index contributed by atoms with van der Waals surface area (Å²) in [5.74, 6) is 0.890. The van der Waals surface area contributed by atoms with Crippen LogP contribution in [0.3, 0.4) is 0 Å². The van der Waals surface area contributed by atoms with Crippen LogP contribution in [0.15, 0.2) is 30.6 Å². The van der Waals surface area contributed by atoms with Crippen LogP contribution < -0.4 is 10.1 Å². The Morgan fingerprint density at radius 2 is 2.12 bits per heavy atom. The third kappa shape index (κ3) is 3.16. The van der Waals surface area contributed by atoms with E-state index in [-0.39, 0.29) is 5.91 Å². The van der Waals surface area contributed by atoms with Crippen LogP contribution >= 0.6 is 11.3 Å². The van der Waals surface area contributed by atoms with Crippen LogP contribution in [-0.2, 0) is 7.05 Å². The molecular weight excluding hydrogens is 324 g/mol. The van der Waals surface area contributed by atoms with Crippen molar-refractivity contribution in [3.05, 3.63) is 51.6 Å². The van der Waals surface area contributed by atoms with Gasteiger partial charge in [0.25, 0.3) is 5.91 Å². The van der Waals surface area contributed by atoms with Gasteiger partial charge in [-0.05, 0) is 39.0 Å². The number of thiophene rings is 1. The normalized spacial score (nSPS) is 10.7. The number of aromatic nitrogens is 3. The van der Waals surface area contributed by atoms with E-state index >= 15 is 0 Å². The van der Waals surface area contributed by atoms with Gasteiger partial charge in [-0.15, -0.1) is 11.3 Å². The van der Waals surface area contributed by atoms with Crippen LogP contribution in [0.4, 0.5) is 5.69 Å². The van der Waals surface area contributed by atoms with Gasteiger partial charge in [0.1, 0.15) is 11.4 Å². The topological polar surface area (TPSA) is 69.0 Å². The molecule has 124 valence electrons. The summed E-state index contributed by atoms with van der Waals surface area (Å²) >= 11 is 1.60. The van der Waals surface area contributed by atoms with Crippen molar-refractivity contribution >= 4 is 22.9 Å². The monoisotopic (exact) mass is 342 g/mol. The molecule has 0 aromatic carbocycles. The minimum Gasteiger partial charge on any atom is -0.436 e. The van der Waals surface area contributed by atoms with Gasteiger partial charge in [0, 0.05) is 23.0 Å². The van der Waals surface area contributed by atoms with Gasteiger partial charge in [0.05, 0.1) is 17.5 Å². The summed E-state index contributed by atoms with van der Waals surface area (Å²) in [4.78, 5) is 18.7. The Balaban J connectivity index is 1.90. The Hall–Kier alpha value is -2.67. The van der Waals surface area contributed by atoms with E-state index in [9.17, 15) is 4.79 Å². The maximum Gasteiger partial charge on any atom is 0.256 e. The number of pyridine rings is 1. The van der Waals surface area contributed by atoms with Crippen molar-refractivity contribution in [3.8, 4) is 11.6 Å². The first-order chi connectivity index (χ1) is 11.5. The molecule has 1 amide bonds. The van der Waals surface area contributed by atoms with Crippen LogP contribution in [0.1, 0.15) is 25.8 Å². The Morgan fingerprint density at radius 3 is 2.75 bits per heavy atom. The van der Waals surface area contributed by atoms with E-state index in [1.807, 2.05) is 26.8 Å². The Kier molecular flexibility index (Phi) is 4.35. The minimum atomic E-state index is -0.163. The summed E-state index contributed by atoms with van der Waals surface area (Å²) in [7, 11) is 1.77. The van der Waals surface area contributed by atoms with Crippen molar-refractivity contribution in [2.24, 2.45) is 7.05 Å². The number of anilines is 1.